The van der Waals surface area contributed by atoms with Gasteiger partial charge >= 0.3 is 0 Å². The van der Waals surface area contributed by atoms with E-state index in [-0.39, 0.29) is 5.91 Å². The monoisotopic (exact) mass is 370 g/mol. The fraction of sp³-hybridized carbons (Fsp3) is 0.167. The van der Waals surface area contributed by atoms with Crippen molar-refractivity contribution in [2.75, 3.05) is 14.2 Å². The second-order valence-electron chi connectivity index (χ2n) is 5.42. The molecule has 0 radical (unpaired) electrons. The zero-order valence-electron chi connectivity index (χ0n) is 14.6. The Kier molecular flexibility index (Phi) is 5.33. The van der Waals surface area contributed by atoms with E-state index in [2.05, 4.69) is 20.7 Å². The van der Waals surface area contributed by atoms with Gasteiger partial charge in [0.15, 0.2) is 11.5 Å². The molecule has 0 unspecified atom stereocenters. The van der Waals surface area contributed by atoms with Crippen LogP contribution in [0.1, 0.15) is 20.8 Å². The van der Waals surface area contributed by atoms with Gasteiger partial charge in [-0.25, -0.2) is 5.43 Å². The molecule has 0 spiro atoms. The maximum Gasteiger partial charge on any atom is 0.272 e. The molecule has 0 aliphatic heterocycles. The van der Waals surface area contributed by atoms with Crippen LogP contribution in [0.15, 0.2) is 40.9 Å². The summed E-state index contributed by atoms with van der Waals surface area (Å²) in [6.45, 7) is 1.95. The fourth-order valence-electron chi connectivity index (χ4n) is 2.40. The van der Waals surface area contributed by atoms with Crippen LogP contribution in [-0.2, 0) is 0 Å². The van der Waals surface area contributed by atoms with E-state index in [0.29, 0.717) is 17.1 Å². The number of hydrazone groups is 1. The molecular weight excluding hydrogens is 352 g/mol. The molecule has 0 aliphatic rings. The van der Waals surface area contributed by atoms with E-state index in [1.165, 1.54) is 11.3 Å². The predicted octanol–water partition coefficient (Wildman–Crippen LogP) is 3.23. The number of thiophene rings is 1. The number of carbonyl (C=O) groups excluding carboxylic acids is 1. The largest absolute Gasteiger partial charge is 0.493 e. The van der Waals surface area contributed by atoms with Gasteiger partial charge in [0.05, 0.1) is 37.9 Å². The Labute approximate surface area is 154 Å². The number of aryl methyl sites for hydroxylation is 1. The average molecular weight is 370 g/mol. The molecule has 7 nitrogen and oxygen atoms in total. The normalized spacial score (nSPS) is 10.9. The van der Waals surface area contributed by atoms with E-state index in [1.807, 2.05) is 31.2 Å². The van der Waals surface area contributed by atoms with Crippen molar-refractivity contribution in [3.63, 3.8) is 0 Å². The van der Waals surface area contributed by atoms with E-state index >= 15 is 0 Å². The van der Waals surface area contributed by atoms with Crippen molar-refractivity contribution >= 4 is 23.5 Å². The summed E-state index contributed by atoms with van der Waals surface area (Å²) in [6, 6.07) is 7.37. The molecule has 26 heavy (non-hydrogen) atoms. The number of benzene rings is 1. The van der Waals surface area contributed by atoms with Crippen molar-refractivity contribution in [2.24, 2.45) is 5.10 Å². The number of ether oxygens (including phenoxy) is 2. The minimum Gasteiger partial charge on any atom is -0.493 e. The van der Waals surface area contributed by atoms with Gasteiger partial charge < -0.3 is 9.47 Å². The SMILES string of the molecule is COc1ccc(-c2[nH]ncc2/C=N/NC(=O)c2csc(C)c2)cc1OC. The maximum absolute atomic E-state index is 12.0. The van der Waals surface area contributed by atoms with E-state index in [4.69, 9.17) is 9.47 Å². The van der Waals surface area contributed by atoms with Gasteiger partial charge in [-0.3, -0.25) is 9.89 Å². The lowest BCUT2D eigenvalue weighted by Crippen LogP contribution is -2.16. The Bertz CT molecular complexity index is 946. The number of aromatic nitrogens is 2. The molecule has 0 saturated heterocycles. The summed E-state index contributed by atoms with van der Waals surface area (Å²) in [4.78, 5) is 13.1. The lowest BCUT2D eigenvalue weighted by molar-refractivity contribution is 0.0955. The molecule has 1 aromatic carbocycles. The van der Waals surface area contributed by atoms with Gasteiger partial charge in [0.1, 0.15) is 0 Å². The third-order valence-electron chi connectivity index (χ3n) is 3.70. The summed E-state index contributed by atoms with van der Waals surface area (Å²) >= 11 is 1.52. The van der Waals surface area contributed by atoms with Gasteiger partial charge in [0, 0.05) is 21.4 Å². The Hall–Kier alpha value is -3.13. The number of nitrogens with zero attached hydrogens (tertiary/aromatic N) is 2. The van der Waals surface area contributed by atoms with Gasteiger partial charge in [-0.15, -0.1) is 11.3 Å². The maximum atomic E-state index is 12.0. The summed E-state index contributed by atoms with van der Waals surface area (Å²) in [5, 5.41) is 12.8. The summed E-state index contributed by atoms with van der Waals surface area (Å²) in [7, 11) is 3.17. The van der Waals surface area contributed by atoms with E-state index in [9.17, 15) is 4.79 Å². The van der Waals surface area contributed by atoms with Crippen LogP contribution >= 0.6 is 11.3 Å². The molecule has 3 rings (SSSR count). The average Bonchev–Trinajstić information content (AvgIpc) is 3.30. The Balaban J connectivity index is 1.77. The molecule has 2 aromatic heterocycles. The number of rotatable bonds is 6. The molecule has 3 aromatic rings. The Morgan fingerprint density at radius 1 is 1.27 bits per heavy atom. The summed E-state index contributed by atoms with van der Waals surface area (Å²) in [5.74, 6) is 1.01. The Morgan fingerprint density at radius 2 is 2.08 bits per heavy atom. The lowest BCUT2D eigenvalue weighted by atomic mass is 10.1. The quantitative estimate of drug-likeness (QED) is 0.515. The minimum absolute atomic E-state index is 0.248. The highest BCUT2D eigenvalue weighted by molar-refractivity contribution is 7.10. The molecule has 0 aliphatic carbocycles. The van der Waals surface area contributed by atoms with Crippen molar-refractivity contribution in [1.82, 2.24) is 15.6 Å². The molecule has 134 valence electrons. The van der Waals surface area contributed by atoms with Crippen molar-refractivity contribution < 1.29 is 14.3 Å². The van der Waals surface area contributed by atoms with E-state index in [1.54, 1.807) is 32.0 Å². The van der Waals surface area contributed by atoms with Crippen LogP contribution in [0, 0.1) is 6.92 Å². The molecule has 0 fully saturated rings. The smallest absolute Gasteiger partial charge is 0.272 e. The first-order chi connectivity index (χ1) is 12.6. The van der Waals surface area contributed by atoms with Crippen LogP contribution in [-0.4, -0.2) is 36.5 Å². The number of carbonyl (C=O) groups is 1. The topological polar surface area (TPSA) is 88.6 Å². The number of hydrogen-bond acceptors (Lipinski definition) is 6. The van der Waals surface area contributed by atoms with Crippen molar-refractivity contribution in [1.29, 1.82) is 0 Å². The first-order valence-corrected chi connectivity index (χ1v) is 8.64. The van der Waals surface area contributed by atoms with Crippen LogP contribution in [0.25, 0.3) is 11.3 Å². The third-order valence-corrected chi connectivity index (χ3v) is 4.56. The number of H-pyrrole nitrogens is 1. The van der Waals surface area contributed by atoms with Crippen LogP contribution in [0.3, 0.4) is 0 Å². The zero-order chi connectivity index (χ0) is 18.5. The molecule has 0 atom stereocenters. The van der Waals surface area contributed by atoms with Gasteiger partial charge in [0.2, 0.25) is 0 Å². The second-order valence-corrected chi connectivity index (χ2v) is 6.53. The Morgan fingerprint density at radius 3 is 2.77 bits per heavy atom. The summed E-state index contributed by atoms with van der Waals surface area (Å²) in [6.07, 6.45) is 3.18. The first-order valence-electron chi connectivity index (χ1n) is 7.76. The highest BCUT2D eigenvalue weighted by Gasteiger charge is 2.11. The van der Waals surface area contributed by atoms with Gasteiger partial charge in [-0.2, -0.15) is 10.2 Å². The van der Waals surface area contributed by atoms with E-state index in [0.717, 1.165) is 21.7 Å². The molecular formula is C18H18N4O3S. The summed E-state index contributed by atoms with van der Waals surface area (Å²) in [5.41, 5.74) is 5.47. The highest BCUT2D eigenvalue weighted by atomic mass is 32.1. The molecule has 2 N–H and O–H groups in total. The van der Waals surface area contributed by atoms with Crippen LogP contribution < -0.4 is 14.9 Å². The van der Waals surface area contributed by atoms with Crippen molar-refractivity contribution in [3.05, 3.63) is 51.8 Å². The van der Waals surface area contributed by atoms with Crippen LogP contribution in [0.2, 0.25) is 0 Å². The molecule has 1 amide bonds. The zero-order valence-corrected chi connectivity index (χ0v) is 15.4. The number of methoxy groups -OCH3 is 2. The number of aromatic amines is 1. The predicted molar refractivity (Wildman–Crippen MR) is 101 cm³/mol. The first kappa shape index (κ1) is 17.7. The number of amides is 1. The molecule has 0 bridgehead atoms. The van der Waals surface area contributed by atoms with Gasteiger partial charge in [-0.1, -0.05) is 0 Å². The second kappa shape index (κ2) is 7.83. The number of nitrogens with one attached hydrogen (secondary N) is 2. The van der Waals surface area contributed by atoms with Crippen LogP contribution in [0.5, 0.6) is 11.5 Å². The van der Waals surface area contributed by atoms with Crippen molar-refractivity contribution in [2.45, 2.75) is 6.92 Å². The number of hydrogen-bond donors (Lipinski definition) is 2. The van der Waals surface area contributed by atoms with Gasteiger partial charge in [-0.05, 0) is 31.2 Å². The fourth-order valence-corrected chi connectivity index (χ4v) is 3.09. The lowest BCUT2D eigenvalue weighted by Gasteiger charge is -2.09. The van der Waals surface area contributed by atoms with Crippen LogP contribution in [0.4, 0.5) is 0 Å². The summed E-state index contributed by atoms with van der Waals surface area (Å²) < 4.78 is 10.6. The standard InChI is InChI=1S/C18H18N4O3S/c1-11-6-13(10-26-11)18(23)22-20-9-14-8-19-21-17(14)12-4-5-15(24-2)16(7-12)25-3/h4-10H,1-3H3,(H,19,21)(H,22,23)/b20-9+. The van der Waals surface area contributed by atoms with Crippen molar-refractivity contribution in [3.8, 4) is 22.8 Å². The minimum atomic E-state index is -0.248. The molecule has 2 heterocycles. The third kappa shape index (κ3) is 3.75. The van der Waals surface area contributed by atoms with Gasteiger partial charge in [0.25, 0.3) is 5.91 Å². The highest BCUT2D eigenvalue weighted by Crippen LogP contribution is 2.32. The van der Waals surface area contributed by atoms with E-state index < -0.39 is 0 Å². The molecule has 8 heteroatoms. The molecule has 0 saturated carbocycles.